The van der Waals surface area contributed by atoms with E-state index in [4.69, 9.17) is 31.2 Å². The predicted octanol–water partition coefficient (Wildman–Crippen LogP) is 4.33. The van der Waals surface area contributed by atoms with Crippen molar-refractivity contribution in [2.75, 3.05) is 43.6 Å². The summed E-state index contributed by atoms with van der Waals surface area (Å²) in [7, 11) is 0. The molecule has 4 N–H and O–H groups in total. The second-order valence-electron chi connectivity index (χ2n) is 10.5. The molecule has 3 heterocycles. The Balaban J connectivity index is 1.31. The average molecular weight is 557 g/mol. The number of hydrogen-bond acceptors (Lipinski definition) is 9. The third kappa shape index (κ3) is 8.51. The van der Waals surface area contributed by atoms with E-state index in [1.165, 1.54) is 0 Å². The van der Waals surface area contributed by atoms with Crippen LogP contribution in [-0.2, 0) is 14.3 Å². The topological polar surface area (TPSA) is 141 Å². The molecule has 0 radical (unpaired) electrons. The van der Waals surface area contributed by atoms with E-state index in [0.717, 1.165) is 42.8 Å². The molecule has 4 rings (SSSR count). The van der Waals surface area contributed by atoms with E-state index in [1.54, 1.807) is 6.20 Å². The van der Waals surface area contributed by atoms with Gasteiger partial charge in [-0.2, -0.15) is 5.26 Å². The minimum absolute atomic E-state index is 0.0965. The van der Waals surface area contributed by atoms with Gasteiger partial charge < -0.3 is 30.5 Å². The second-order valence-corrected chi connectivity index (χ2v) is 10.9. The molecule has 0 amide bonds. The third-order valence-corrected chi connectivity index (χ3v) is 7.67. The largest absolute Gasteiger partial charge is 0.480 e. The number of ether oxygens (including phenoxy) is 2. The molecule has 11 heteroatoms. The van der Waals surface area contributed by atoms with E-state index >= 15 is 0 Å². The summed E-state index contributed by atoms with van der Waals surface area (Å²) < 4.78 is 10.6. The van der Waals surface area contributed by atoms with E-state index in [2.05, 4.69) is 27.0 Å². The molecule has 0 spiro atoms. The van der Waals surface area contributed by atoms with Crippen LogP contribution in [0.4, 0.5) is 11.6 Å². The Hall–Kier alpha value is -2.97. The van der Waals surface area contributed by atoms with Gasteiger partial charge in [-0.15, -0.1) is 0 Å². The van der Waals surface area contributed by atoms with Crippen molar-refractivity contribution in [3.8, 4) is 17.3 Å². The highest BCUT2D eigenvalue weighted by Gasteiger charge is 2.32. The third-order valence-electron chi connectivity index (χ3n) is 7.37. The molecule has 0 bridgehead atoms. The number of carboxylic acids is 1. The summed E-state index contributed by atoms with van der Waals surface area (Å²) in [4.78, 5) is 19.9. The summed E-state index contributed by atoms with van der Waals surface area (Å²) >= 11 is 6.53. The number of anilines is 2. The quantitative estimate of drug-likeness (QED) is 0.298. The maximum Gasteiger partial charge on any atom is 0.329 e. The van der Waals surface area contributed by atoms with Crippen LogP contribution in [0.5, 0.6) is 0 Å². The molecule has 1 saturated heterocycles. The van der Waals surface area contributed by atoms with Gasteiger partial charge in [0.05, 0.1) is 28.8 Å². The Morgan fingerprint density at radius 1 is 1.26 bits per heavy atom. The normalized spacial score (nSPS) is 21.5. The Morgan fingerprint density at radius 2 is 2.00 bits per heavy atom. The van der Waals surface area contributed by atoms with Gasteiger partial charge in [0, 0.05) is 49.6 Å². The first-order valence-corrected chi connectivity index (χ1v) is 13.9. The van der Waals surface area contributed by atoms with Crippen LogP contribution in [0.3, 0.4) is 0 Å². The van der Waals surface area contributed by atoms with E-state index in [9.17, 15) is 10.1 Å². The maximum absolute atomic E-state index is 10.6. The maximum atomic E-state index is 10.6. The molecule has 2 fully saturated rings. The first-order chi connectivity index (χ1) is 18.9. The Morgan fingerprint density at radius 3 is 2.72 bits per heavy atom. The minimum Gasteiger partial charge on any atom is -0.480 e. The van der Waals surface area contributed by atoms with Crippen molar-refractivity contribution in [2.45, 2.75) is 63.6 Å². The molecule has 1 atom stereocenters. The van der Waals surface area contributed by atoms with Crippen molar-refractivity contribution < 1.29 is 19.4 Å². The van der Waals surface area contributed by atoms with E-state index in [0.29, 0.717) is 62.1 Å². The molecule has 2 aromatic rings. The molecule has 1 aliphatic heterocycles. The number of pyridine rings is 2. The monoisotopic (exact) mass is 556 g/mol. The number of aliphatic carboxylic acids is 1. The van der Waals surface area contributed by atoms with Crippen molar-refractivity contribution >= 4 is 29.2 Å². The minimum atomic E-state index is -0.952. The number of nitriles is 1. The molecule has 0 unspecified atom stereocenters. The number of nitrogens with zero attached hydrogens (tertiary/aromatic N) is 3. The summed E-state index contributed by atoms with van der Waals surface area (Å²) in [6, 6.07) is 10.9. The first kappa shape index (κ1) is 29.0. The summed E-state index contributed by atoms with van der Waals surface area (Å²) in [5, 5.41) is 29.4. The average Bonchev–Trinajstić information content (AvgIpc) is 2.94. The van der Waals surface area contributed by atoms with E-state index in [-0.39, 0.29) is 12.6 Å². The molecular formula is C28H37ClN6O4. The zero-order valence-corrected chi connectivity index (χ0v) is 23.0. The molecule has 10 nitrogen and oxygen atoms in total. The van der Waals surface area contributed by atoms with Crippen LogP contribution < -0.4 is 16.0 Å². The summed E-state index contributed by atoms with van der Waals surface area (Å²) in [6.45, 7) is 3.84. The van der Waals surface area contributed by atoms with Crippen LogP contribution in [0, 0.1) is 16.7 Å². The molecular weight excluding hydrogens is 520 g/mol. The number of hydrogen-bond donors (Lipinski definition) is 4. The summed E-state index contributed by atoms with van der Waals surface area (Å²) in [5.41, 5.74) is 1.09. The van der Waals surface area contributed by atoms with Crippen molar-refractivity contribution in [1.29, 1.82) is 5.26 Å². The Labute approximate surface area is 234 Å². The molecule has 210 valence electrons. The lowest BCUT2D eigenvalue weighted by Crippen LogP contribution is -2.43. The molecule has 2 aliphatic rings. The van der Waals surface area contributed by atoms with Crippen LogP contribution in [0.25, 0.3) is 11.3 Å². The van der Waals surface area contributed by atoms with E-state index < -0.39 is 11.4 Å². The van der Waals surface area contributed by atoms with Gasteiger partial charge >= 0.3 is 5.97 Å². The van der Waals surface area contributed by atoms with Crippen LogP contribution >= 0.6 is 11.6 Å². The number of halogens is 1. The fourth-order valence-electron chi connectivity index (χ4n) is 5.13. The van der Waals surface area contributed by atoms with Gasteiger partial charge in [0.15, 0.2) is 0 Å². The van der Waals surface area contributed by atoms with Crippen LogP contribution in [0.2, 0.25) is 5.02 Å². The summed E-state index contributed by atoms with van der Waals surface area (Å²) in [5.74, 6) is 0.503. The fraction of sp³-hybridized carbons (Fsp3) is 0.571. The van der Waals surface area contributed by atoms with Gasteiger partial charge in [0.2, 0.25) is 0 Å². The standard InChI is InChI=1S/C28H37ClN6O4/c1-19(15-39-16-27(36)37)33-20-5-7-21(8-6-20)34-26-13-22(23(29)14-31-26)24-3-2-4-25(35-24)32-18-28(17-30)9-11-38-12-10-28/h2-4,13-14,19-21,33H,5-12,15-16,18H2,1H3,(H,31,34)(H,32,35)(H,36,37)/t19-,20-,21-/m0/s1. The number of aromatic nitrogens is 2. The highest BCUT2D eigenvalue weighted by Crippen LogP contribution is 2.32. The predicted molar refractivity (Wildman–Crippen MR) is 150 cm³/mol. The van der Waals surface area contributed by atoms with Gasteiger partial charge in [0.25, 0.3) is 0 Å². The van der Waals surface area contributed by atoms with Crippen LogP contribution in [-0.4, -0.2) is 72.1 Å². The number of nitrogens with one attached hydrogen (secondary N) is 3. The number of carboxylic acid groups (broad SMARTS) is 1. The SMILES string of the molecule is C[C@@H](COCC(=O)O)N[C@H]1CC[C@H](Nc2cc(-c3cccc(NCC4(C#N)CCOCC4)n3)c(Cl)cn2)CC1. The van der Waals surface area contributed by atoms with Crippen molar-refractivity contribution in [2.24, 2.45) is 5.41 Å². The first-order valence-electron chi connectivity index (χ1n) is 13.5. The zero-order chi connectivity index (χ0) is 27.7. The van der Waals surface area contributed by atoms with Crippen LogP contribution in [0.15, 0.2) is 30.5 Å². The fourth-order valence-corrected chi connectivity index (χ4v) is 5.33. The van der Waals surface area contributed by atoms with Gasteiger partial charge in [0.1, 0.15) is 18.2 Å². The van der Waals surface area contributed by atoms with Gasteiger partial charge in [-0.1, -0.05) is 17.7 Å². The highest BCUT2D eigenvalue weighted by atomic mass is 35.5. The Bertz CT molecular complexity index is 1150. The van der Waals surface area contributed by atoms with Gasteiger partial charge in [-0.3, -0.25) is 0 Å². The molecule has 39 heavy (non-hydrogen) atoms. The smallest absolute Gasteiger partial charge is 0.329 e. The number of carbonyl (C=O) groups is 1. The van der Waals surface area contributed by atoms with Crippen molar-refractivity contribution in [1.82, 2.24) is 15.3 Å². The lowest BCUT2D eigenvalue weighted by Gasteiger charge is -2.32. The van der Waals surface area contributed by atoms with Crippen LogP contribution in [0.1, 0.15) is 45.4 Å². The zero-order valence-electron chi connectivity index (χ0n) is 22.3. The molecule has 0 aromatic carbocycles. The summed E-state index contributed by atoms with van der Waals surface area (Å²) in [6.07, 6.45) is 7.06. The molecule has 2 aromatic heterocycles. The molecule has 1 aliphatic carbocycles. The Kier molecular flexibility index (Phi) is 10.3. The van der Waals surface area contributed by atoms with Gasteiger partial charge in [-0.25, -0.2) is 14.8 Å². The number of rotatable bonds is 12. The van der Waals surface area contributed by atoms with E-state index in [1.807, 2.05) is 31.2 Å². The lowest BCUT2D eigenvalue weighted by molar-refractivity contribution is -0.142. The molecule has 1 saturated carbocycles. The van der Waals surface area contributed by atoms with Crippen molar-refractivity contribution in [3.05, 3.63) is 35.5 Å². The highest BCUT2D eigenvalue weighted by molar-refractivity contribution is 6.33. The second kappa shape index (κ2) is 13.9. The van der Waals surface area contributed by atoms with Gasteiger partial charge in [-0.05, 0) is 63.6 Å². The lowest BCUT2D eigenvalue weighted by atomic mass is 9.82. The van der Waals surface area contributed by atoms with Crippen molar-refractivity contribution in [3.63, 3.8) is 0 Å².